The van der Waals surface area contributed by atoms with E-state index in [1.807, 2.05) is 10.9 Å². The van der Waals surface area contributed by atoms with Crippen LogP contribution in [0, 0.1) is 0 Å². The molecule has 3 heterocycles. The number of carbonyl (C=O) groups is 1. The number of nitrogens with zero attached hydrogens (tertiary/aromatic N) is 4. The van der Waals surface area contributed by atoms with Gasteiger partial charge in [-0.05, 0) is 33.2 Å². The molecule has 0 unspecified atom stereocenters. The molecular formula is C19H27F2N5O2. The van der Waals surface area contributed by atoms with Crippen LogP contribution in [0.5, 0.6) is 0 Å². The van der Waals surface area contributed by atoms with Crippen LogP contribution >= 0.6 is 0 Å². The molecule has 4 rings (SSSR count). The monoisotopic (exact) mass is 395 g/mol. The van der Waals surface area contributed by atoms with Crippen molar-refractivity contribution < 1.29 is 18.4 Å². The standard InChI is InChI=1S/C19H27F2N5O2/c1-13(2)26-11-14(9-22-26)10-25-5-3-4-18(12-25)8-16(24-28-18)17(27)23-15-6-19(20,21)7-15/h9,11,13,15H,3-8,10,12H2,1-2H3,(H,23,27)/t18-/m0/s1. The maximum atomic E-state index is 13.0. The molecular weight excluding hydrogens is 368 g/mol. The molecule has 1 amide bonds. The van der Waals surface area contributed by atoms with Crippen LogP contribution in [0.15, 0.2) is 17.5 Å². The first-order chi connectivity index (χ1) is 13.2. The fraction of sp³-hybridized carbons (Fsp3) is 0.737. The van der Waals surface area contributed by atoms with Crippen molar-refractivity contribution in [1.82, 2.24) is 20.0 Å². The number of rotatable bonds is 5. The van der Waals surface area contributed by atoms with Crippen molar-refractivity contribution in [1.29, 1.82) is 0 Å². The van der Waals surface area contributed by atoms with Gasteiger partial charge in [0.2, 0.25) is 0 Å². The number of alkyl halides is 2. The summed E-state index contributed by atoms with van der Waals surface area (Å²) < 4.78 is 27.8. The van der Waals surface area contributed by atoms with E-state index in [0.717, 1.165) is 31.5 Å². The first-order valence-electron chi connectivity index (χ1n) is 9.93. The number of likely N-dealkylation sites (tertiary alicyclic amines) is 1. The number of halogens is 2. The molecule has 1 atom stereocenters. The van der Waals surface area contributed by atoms with E-state index in [2.05, 4.69) is 40.5 Å². The largest absolute Gasteiger partial charge is 0.387 e. The molecule has 1 N–H and O–H groups in total. The minimum Gasteiger partial charge on any atom is -0.387 e. The highest BCUT2D eigenvalue weighted by Gasteiger charge is 2.48. The third-order valence-corrected chi connectivity index (χ3v) is 5.74. The van der Waals surface area contributed by atoms with Crippen LogP contribution in [0.1, 0.15) is 57.6 Å². The van der Waals surface area contributed by atoms with Crippen molar-refractivity contribution >= 4 is 11.6 Å². The van der Waals surface area contributed by atoms with Gasteiger partial charge in [-0.15, -0.1) is 0 Å². The van der Waals surface area contributed by atoms with Gasteiger partial charge in [0.25, 0.3) is 11.8 Å². The van der Waals surface area contributed by atoms with E-state index >= 15 is 0 Å². The molecule has 7 nitrogen and oxygen atoms in total. The highest BCUT2D eigenvalue weighted by molar-refractivity contribution is 6.39. The van der Waals surface area contributed by atoms with E-state index in [-0.39, 0.29) is 18.7 Å². The quantitative estimate of drug-likeness (QED) is 0.832. The average molecular weight is 395 g/mol. The number of hydrogen-bond acceptors (Lipinski definition) is 5. The molecule has 154 valence electrons. The lowest BCUT2D eigenvalue weighted by Crippen LogP contribution is -2.53. The van der Waals surface area contributed by atoms with Gasteiger partial charge in [0.05, 0.1) is 6.20 Å². The fourth-order valence-electron chi connectivity index (χ4n) is 4.22. The zero-order valence-electron chi connectivity index (χ0n) is 16.3. The molecule has 1 spiro atoms. The molecule has 3 aliphatic rings. The van der Waals surface area contributed by atoms with Crippen molar-refractivity contribution in [3.05, 3.63) is 18.0 Å². The Morgan fingerprint density at radius 1 is 1.43 bits per heavy atom. The number of nitrogens with one attached hydrogen (secondary N) is 1. The number of carbonyl (C=O) groups excluding carboxylic acids is 1. The van der Waals surface area contributed by atoms with Crippen LogP contribution in [0.25, 0.3) is 0 Å². The first-order valence-corrected chi connectivity index (χ1v) is 9.93. The van der Waals surface area contributed by atoms with Crippen molar-refractivity contribution in [3.8, 4) is 0 Å². The third-order valence-electron chi connectivity index (χ3n) is 5.74. The van der Waals surface area contributed by atoms with Crippen LogP contribution in [0.2, 0.25) is 0 Å². The van der Waals surface area contributed by atoms with Gasteiger partial charge < -0.3 is 10.2 Å². The Kier molecular flexibility index (Phi) is 4.89. The number of aromatic nitrogens is 2. The normalized spacial score (nSPS) is 27.5. The summed E-state index contributed by atoms with van der Waals surface area (Å²) in [7, 11) is 0. The van der Waals surface area contributed by atoms with Crippen molar-refractivity contribution in [2.24, 2.45) is 5.16 Å². The summed E-state index contributed by atoms with van der Waals surface area (Å²) >= 11 is 0. The predicted octanol–water partition coefficient (Wildman–Crippen LogP) is 2.49. The Hall–Kier alpha value is -2.03. The summed E-state index contributed by atoms with van der Waals surface area (Å²) in [6.07, 6.45) is 5.56. The molecule has 28 heavy (non-hydrogen) atoms. The Balaban J connectivity index is 1.31. The molecule has 1 aromatic rings. The lowest BCUT2D eigenvalue weighted by molar-refractivity contribution is -0.123. The maximum Gasteiger partial charge on any atom is 0.269 e. The zero-order chi connectivity index (χ0) is 19.9. The van der Waals surface area contributed by atoms with E-state index < -0.39 is 17.6 Å². The van der Waals surface area contributed by atoms with Crippen LogP contribution < -0.4 is 5.32 Å². The Labute approximate surface area is 163 Å². The number of piperidine rings is 1. The smallest absolute Gasteiger partial charge is 0.269 e. The first kappa shape index (κ1) is 19.3. The molecule has 1 aromatic heterocycles. The minimum atomic E-state index is -2.65. The van der Waals surface area contributed by atoms with Crippen LogP contribution in [-0.2, 0) is 16.2 Å². The molecule has 1 saturated heterocycles. The molecule has 2 aliphatic heterocycles. The SMILES string of the molecule is CC(C)n1cc(CN2CCC[C@]3(CC(C(=O)NC4CC(F)(F)C4)=NO3)C2)cn1. The molecule has 1 saturated carbocycles. The highest BCUT2D eigenvalue weighted by atomic mass is 19.3. The van der Waals surface area contributed by atoms with Gasteiger partial charge in [0, 0.05) is 56.2 Å². The summed E-state index contributed by atoms with van der Waals surface area (Å²) in [6, 6.07) is -0.146. The summed E-state index contributed by atoms with van der Waals surface area (Å²) in [5, 5.41) is 11.0. The molecule has 0 bridgehead atoms. The number of oxime groups is 1. The van der Waals surface area contributed by atoms with Crippen LogP contribution in [0.4, 0.5) is 8.78 Å². The van der Waals surface area contributed by atoms with E-state index in [4.69, 9.17) is 4.84 Å². The van der Waals surface area contributed by atoms with Crippen LogP contribution in [-0.4, -0.2) is 57.0 Å². The summed E-state index contributed by atoms with van der Waals surface area (Å²) in [4.78, 5) is 20.4. The van der Waals surface area contributed by atoms with E-state index in [1.54, 1.807) is 0 Å². The van der Waals surface area contributed by atoms with Gasteiger partial charge in [-0.25, -0.2) is 8.78 Å². The number of hydrogen-bond donors (Lipinski definition) is 1. The Morgan fingerprint density at radius 2 is 2.21 bits per heavy atom. The number of amides is 1. The zero-order valence-corrected chi connectivity index (χ0v) is 16.3. The lowest BCUT2D eigenvalue weighted by Gasteiger charge is -2.38. The molecule has 0 radical (unpaired) electrons. The second-order valence-electron chi connectivity index (χ2n) is 8.66. The van der Waals surface area contributed by atoms with E-state index in [9.17, 15) is 13.6 Å². The van der Waals surface area contributed by atoms with Gasteiger partial charge in [-0.2, -0.15) is 5.10 Å². The fourth-order valence-corrected chi connectivity index (χ4v) is 4.22. The maximum absolute atomic E-state index is 13.0. The van der Waals surface area contributed by atoms with Gasteiger partial charge >= 0.3 is 0 Å². The third kappa shape index (κ3) is 4.04. The van der Waals surface area contributed by atoms with Gasteiger partial charge in [-0.3, -0.25) is 14.4 Å². The summed E-state index contributed by atoms with van der Waals surface area (Å²) in [5.41, 5.74) is 0.959. The molecule has 1 aliphatic carbocycles. The van der Waals surface area contributed by atoms with Crippen molar-refractivity contribution in [3.63, 3.8) is 0 Å². The molecule has 0 aromatic carbocycles. The average Bonchev–Trinajstić information content (AvgIpc) is 3.21. The van der Waals surface area contributed by atoms with E-state index in [1.165, 1.54) is 0 Å². The Morgan fingerprint density at radius 3 is 2.89 bits per heavy atom. The Bertz CT molecular complexity index is 770. The molecule has 2 fully saturated rings. The topological polar surface area (TPSA) is 71.8 Å². The highest BCUT2D eigenvalue weighted by Crippen LogP contribution is 2.38. The van der Waals surface area contributed by atoms with Crippen LogP contribution in [0.3, 0.4) is 0 Å². The molecule has 9 heteroatoms. The summed E-state index contributed by atoms with van der Waals surface area (Å²) in [5.74, 6) is -3.03. The van der Waals surface area contributed by atoms with Gasteiger partial charge in [-0.1, -0.05) is 5.16 Å². The minimum absolute atomic E-state index is 0.296. The lowest BCUT2D eigenvalue weighted by atomic mass is 9.86. The second-order valence-corrected chi connectivity index (χ2v) is 8.66. The van der Waals surface area contributed by atoms with Gasteiger partial charge in [0.15, 0.2) is 5.60 Å². The van der Waals surface area contributed by atoms with Gasteiger partial charge in [0.1, 0.15) is 5.71 Å². The predicted molar refractivity (Wildman–Crippen MR) is 99.1 cm³/mol. The summed E-state index contributed by atoms with van der Waals surface area (Å²) in [6.45, 7) is 6.59. The second kappa shape index (κ2) is 7.09. The van der Waals surface area contributed by atoms with Crippen molar-refractivity contribution in [2.45, 2.75) is 76.1 Å². The van der Waals surface area contributed by atoms with E-state index in [0.29, 0.717) is 24.7 Å². The van der Waals surface area contributed by atoms with Crippen molar-refractivity contribution in [2.75, 3.05) is 13.1 Å².